The van der Waals surface area contributed by atoms with Crippen molar-refractivity contribution < 1.29 is 9.13 Å². The molecular formula is C14H10ClFN2OS. The Labute approximate surface area is 124 Å². The molecule has 0 fully saturated rings. The van der Waals surface area contributed by atoms with E-state index in [-0.39, 0.29) is 16.9 Å². The molecule has 0 saturated carbocycles. The van der Waals surface area contributed by atoms with E-state index in [1.54, 1.807) is 25.1 Å². The van der Waals surface area contributed by atoms with E-state index < -0.39 is 5.82 Å². The topological polar surface area (TPSA) is 35.0 Å². The molecule has 3 aromatic rings. The van der Waals surface area contributed by atoms with Crippen LogP contribution >= 0.6 is 22.9 Å². The third-order valence-corrected chi connectivity index (χ3v) is 3.93. The van der Waals surface area contributed by atoms with Crippen LogP contribution in [0.15, 0.2) is 24.3 Å². The van der Waals surface area contributed by atoms with Crippen LogP contribution < -0.4 is 4.74 Å². The molecule has 2 aromatic heterocycles. The summed E-state index contributed by atoms with van der Waals surface area (Å²) in [6, 6.07) is 6.87. The van der Waals surface area contributed by atoms with Crippen LogP contribution in [0.3, 0.4) is 0 Å². The first kappa shape index (κ1) is 13.3. The molecule has 0 radical (unpaired) electrons. The zero-order valence-electron chi connectivity index (χ0n) is 10.8. The van der Waals surface area contributed by atoms with Crippen molar-refractivity contribution in [3.63, 3.8) is 0 Å². The highest BCUT2D eigenvalue weighted by molar-refractivity contribution is 7.18. The van der Waals surface area contributed by atoms with E-state index in [0.717, 1.165) is 15.1 Å². The molecule has 0 amide bonds. The van der Waals surface area contributed by atoms with E-state index in [1.165, 1.54) is 11.3 Å². The normalized spacial score (nSPS) is 11.0. The Kier molecular flexibility index (Phi) is 3.31. The van der Waals surface area contributed by atoms with E-state index in [1.807, 2.05) is 13.0 Å². The van der Waals surface area contributed by atoms with E-state index in [9.17, 15) is 4.39 Å². The molecule has 0 aliphatic rings. The second kappa shape index (κ2) is 5.00. The van der Waals surface area contributed by atoms with Gasteiger partial charge in [0.05, 0.1) is 5.39 Å². The molecule has 0 unspecified atom stereocenters. The molecule has 0 N–H and O–H groups in total. The number of thiophene rings is 1. The highest BCUT2D eigenvalue weighted by Gasteiger charge is 2.14. The second-order valence-electron chi connectivity index (χ2n) is 4.36. The molecule has 6 heteroatoms. The maximum Gasteiger partial charge on any atom is 0.232 e. The largest absolute Gasteiger partial charge is 0.435 e. The van der Waals surface area contributed by atoms with Crippen LogP contribution in [0.4, 0.5) is 4.39 Å². The van der Waals surface area contributed by atoms with Crippen molar-refractivity contribution in [3.05, 3.63) is 45.8 Å². The van der Waals surface area contributed by atoms with Crippen LogP contribution in [-0.4, -0.2) is 9.97 Å². The van der Waals surface area contributed by atoms with Gasteiger partial charge >= 0.3 is 0 Å². The molecule has 0 spiro atoms. The highest BCUT2D eigenvalue weighted by atomic mass is 35.5. The van der Waals surface area contributed by atoms with Gasteiger partial charge in [-0.2, -0.15) is 4.98 Å². The number of benzene rings is 1. The quantitative estimate of drug-likeness (QED) is 0.632. The lowest BCUT2D eigenvalue weighted by molar-refractivity contribution is 0.430. The molecule has 0 aliphatic heterocycles. The monoisotopic (exact) mass is 308 g/mol. The summed E-state index contributed by atoms with van der Waals surface area (Å²) in [6.45, 7) is 3.64. The minimum absolute atomic E-state index is 0.0856. The molecule has 3 rings (SSSR count). The van der Waals surface area contributed by atoms with Gasteiger partial charge in [0.15, 0.2) is 11.6 Å². The Morgan fingerprint density at radius 1 is 1.25 bits per heavy atom. The molecule has 0 saturated heterocycles. The van der Waals surface area contributed by atoms with Crippen molar-refractivity contribution in [3.8, 4) is 11.6 Å². The first-order valence-electron chi connectivity index (χ1n) is 5.91. The molecule has 0 bridgehead atoms. The Hall–Kier alpha value is -1.72. The number of halogens is 2. The zero-order chi connectivity index (χ0) is 14.3. The predicted octanol–water partition coefficient (Wildman–Crippen LogP) is 4.89. The summed E-state index contributed by atoms with van der Waals surface area (Å²) < 4.78 is 19.6. The minimum Gasteiger partial charge on any atom is -0.435 e. The maximum atomic E-state index is 14.0. The zero-order valence-corrected chi connectivity index (χ0v) is 12.3. The molecular weight excluding hydrogens is 299 g/mol. The summed E-state index contributed by atoms with van der Waals surface area (Å²) in [5.41, 5.74) is 0.514. The first-order chi connectivity index (χ1) is 9.54. The summed E-state index contributed by atoms with van der Waals surface area (Å²) in [7, 11) is 0. The number of hydrogen-bond donors (Lipinski definition) is 0. The standard InChI is InChI=1S/C14H10ClFN2OS/c1-7-4-3-5-10(11(7)16)19-12-9-6-8(2)20-13(9)18-14(15)17-12/h3-6H,1-2H3. The molecule has 1 aromatic carbocycles. The van der Waals surface area contributed by atoms with Gasteiger partial charge in [-0.3, -0.25) is 0 Å². The Morgan fingerprint density at radius 2 is 2.05 bits per heavy atom. The summed E-state index contributed by atoms with van der Waals surface area (Å²) in [6.07, 6.45) is 0. The van der Waals surface area contributed by atoms with Crippen LogP contribution in [0.2, 0.25) is 5.28 Å². The van der Waals surface area contributed by atoms with Crippen molar-refractivity contribution >= 4 is 33.2 Å². The smallest absolute Gasteiger partial charge is 0.232 e. The fraction of sp³-hybridized carbons (Fsp3) is 0.143. The van der Waals surface area contributed by atoms with Gasteiger partial charge in [0.1, 0.15) is 4.83 Å². The lowest BCUT2D eigenvalue weighted by atomic mass is 10.2. The molecule has 2 heterocycles. The molecule has 20 heavy (non-hydrogen) atoms. The number of rotatable bonds is 2. The molecule has 0 atom stereocenters. The third kappa shape index (κ3) is 2.34. The van der Waals surface area contributed by atoms with Gasteiger partial charge in [-0.15, -0.1) is 11.3 Å². The Bertz CT molecular complexity index is 803. The molecule has 3 nitrogen and oxygen atoms in total. The van der Waals surface area contributed by atoms with Crippen LogP contribution in [0.1, 0.15) is 10.4 Å². The summed E-state index contributed by atoms with van der Waals surface area (Å²) >= 11 is 7.37. The van der Waals surface area contributed by atoms with Crippen LogP contribution in [-0.2, 0) is 0 Å². The predicted molar refractivity (Wildman–Crippen MR) is 78.4 cm³/mol. The maximum absolute atomic E-state index is 14.0. The van der Waals surface area contributed by atoms with E-state index in [2.05, 4.69) is 9.97 Å². The molecule has 0 aliphatic carbocycles. The van der Waals surface area contributed by atoms with Gasteiger partial charge in [-0.25, -0.2) is 9.37 Å². The van der Waals surface area contributed by atoms with Gasteiger partial charge in [-0.05, 0) is 43.1 Å². The van der Waals surface area contributed by atoms with Gasteiger partial charge in [-0.1, -0.05) is 12.1 Å². The number of aryl methyl sites for hydroxylation is 2. The van der Waals surface area contributed by atoms with Gasteiger partial charge < -0.3 is 4.74 Å². The van der Waals surface area contributed by atoms with E-state index in [0.29, 0.717) is 5.56 Å². The van der Waals surface area contributed by atoms with Crippen LogP contribution in [0.25, 0.3) is 10.2 Å². The van der Waals surface area contributed by atoms with E-state index in [4.69, 9.17) is 16.3 Å². The first-order valence-corrected chi connectivity index (χ1v) is 7.10. The average Bonchev–Trinajstić information content (AvgIpc) is 2.75. The minimum atomic E-state index is -0.401. The molecule has 102 valence electrons. The highest BCUT2D eigenvalue weighted by Crippen LogP contribution is 2.34. The van der Waals surface area contributed by atoms with Crippen molar-refractivity contribution in [2.45, 2.75) is 13.8 Å². The average molecular weight is 309 g/mol. The van der Waals surface area contributed by atoms with E-state index >= 15 is 0 Å². The van der Waals surface area contributed by atoms with Gasteiger partial charge in [0.2, 0.25) is 11.2 Å². The third-order valence-electron chi connectivity index (χ3n) is 2.82. The van der Waals surface area contributed by atoms with Gasteiger partial charge in [0, 0.05) is 4.88 Å². The van der Waals surface area contributed by atoms with Gasteiger partial charge in [0.25, 0.3) is 0 Å². The van der Waals surface area contributed by atoms with Crippen molar-refractivity contribution in [1.29, 1.82) is 0 Å². The lowest BCUT2D eigenvalue weighted by Gasteiger charge is -2.08. The van der Waals surface area contributed by atoms with Crippen LogP contribution in [0.5, 0.6) is 11.6 Å². The fourth-order valence-corrected chi connectivity index (χ4v) is 2.95. The number of hydrogen-bond acceptors (Lipinski definition) is 4. The summed E-state index contributed by atoms with van der Waals surface area (Å²) in [4.78, 5) is 9.98. The summed E-state index contributed by atoms with van der Waals surface area (Å²) in [5, 5.41) is 0.820. The number of nitrogens with zero attached hydrogens (tertiary/aromatic N) is 2. The second-order valence-corrected chi connectivity index (χ2v) is 5.94. The summed E-state index contributed by atoms with van der Waals surface area (Å²) in [5.74, 6) is 0.00102. The fourth-order valence-electron chi connectivity index (χ4n) is 1.87. The number of aromatic nitrogens is 2. The van der Waals surface area contributed by atoms with Crippen LogP contribution in [0, 0.1) is 19.7 Å². The van der Waals surface area contributed by atoms with Crippen molar-refractivity contribution in [1.82, 2.24) is 9.97 Å². The lowest BCUT2D eigenvalue weighted by Crippen LogP contribution is -1.94. The Balaban J connectivity index is 2.12. The number of fused-ring (bicyclic) bond motifs is 1. The van der Waals surface area contributed by atoms with Crippen molar-refractivity contribution in [2.24, 2.45) is 0 Å². The Morgan fingerprint density at radius 3 is 2.85 bits per heavy atom. The number of ether oxygens (including phenoxy) is 1. The SMILES string of the molecule is Cc1cc2c(Oc3cccc(C)c3F)nc(Cl)nc2s1. The van der Waals surface area contributed by atoms with Crippen molar-refractivity contribution in [2.75, 3.05) is 0 Å².